The van der Waals surface area contributed by atoms with Gasteiger partial charge in [-0.1, -0.05) is 35.9 Å². The Morgan fingerprint density at radius 3 is 2.83 bits per heavy atom. The Hall–Kier alpha value is -1.08. The molecule has 0 spiro atoms. The van der Waals surface area contributed by atoms with E-state index in [4.69, 9.17) is 0 Å². The third-order valence-corrected chi connectivity index (χ3v) is 4.60. The molecule has 0 aromatic heterocycles. The summed E-state index contributed by atoms with van der Waals surface area (Å²) in [6.07, 6.45) is 10.3. The molecule has 3 rings (SSSR count). The van der Waals surface area contributed by atoms with Crippen LogP contribution in [0.25, 0.3) is 0 Å². The van der Waals surface area contributed by atoms with E-state index in [1.54, 1.807) is 16.7 Å². The average Bonchev–Trinajstić information content (AvgIpc) is 2.94. The fraction of sp³-hybridized carbons (Fsp3) is 0.529. The van der Waals surface area contributed by atoms with Crippen LogP contribution in [0, 0.1) is 0 Å². The monoisotopic (exact) mass is 241 g/mol. The van der Waals surface area contributed by atoms with Crippen LogP contribution in [0.1, 0.15) is 49.1 Å². The summed E-state index contributed by atoms with van der Waals surface area (Å²) >= 11 is 0. The van der Waals surface area contributed by atoms with Gasteiger partial charge in [0.15, 0.2) is 0 Å². The Kier molecular flexibility index (Phi) is 3.51. The van der Waals surface area contributed by atoms with Crippen LogP contribution in [0.3, 0.4) is 0 Å². The SMILES string of the molecule is CNC(C1=CCCC1)C1CCCc2ccccc21. The number of hydrogen-bond donors (Lipinski definition) is 1. The fourth-order valence-electron chi connectivity index (χ4n) is 3.76. The molecule has 0 heterocycles. The molecule has 2 aliphatic rings. The van der Waals surface area contributed by atoms with Crippen molar-refractivity contribution in [3.8, 4) is 0 Å². The predicted octanol–water partition coefficient (Wildman–Crippen LogP) is 3.80. The molecule has 2 aliphatic carbocycles. The molecule has 96 valence electrons. The van der Waals surface area contributed by atoms with Crippen LogP contribution in [0.5, 0.6) is 0 Å². The van der Waals surface area contributed by atoms with Crippen molar-refractivity contribution in [2.75, 3.05) is 7.05 Å². The number of hydrogen-bond acceptors (Lipinski definition) is 1. The second-order valence-corrected chi connectivity index (χ2v) is 5.64. The van der Waals surface area contributed by atoms with Crippen LogP contribution >= 0.6 is 0 Å². The first kappa shape index (κ1) is 12.0. The third kappa shape index (κ3) is 2.12. The molecule has 1 heteroatoms. The molecule has 0 saturated heterocycles. The van der Waals surface area contributed by atoms with Gasteiger partial charge in [-0.05, 0) is 56.7 Å². The van der Waals surface area contributed by atoms with Crippen molar-refractivity contribution < 1.29 is 0 Å². The molecule has 0 amide bonds. The molecule has 0 saturated carbocycles. The van der Waals surface area contributed by atoms with Crippen molar-refractivity contribution in [3.63, 3.8) is 0 Å². The molecule has 0 fully saturated rings. The summed E-state index contributed by atoms with van der Waals surface area (Å²) in [5.74, 6) is 0.685. The molecule has 1 nitrogen and oxygen atoms in total. The van der Waals surface area contributed by atoms with Crippen LogP contribution in [-0.4, -0.2) is 13.1 Å². The maximum atomic E-state index is 3.59. The van der Waals surface area contributed by atoms with Gasteiger partial charge in [-0.25, -0.2) is 0 Å². The van der Waals surface area contributed by atoms with Crippen molar-refractivity contribution in [2.24, 2.45) is 0 Å². The van der Waals surface area contributed by atoms with E-state index in [2.05, 4.69) is 42.7 Å². The average molecular weight is 241 g/mol. The Labute approximate surface area is 110 Å². The number of benzene rings is 1. The van der Waals surface area contributed by atoms with Crippen LogP contribution < -0.4 is 5.32 Å². The maximum Gasteiger partial charge on any atom is 0.0346 e. The normalized spacial score (nSPS) is 24.5. The van der Waals surface area contributed by atoms with E-state index < -0.39 is 0 Å². The Bertz CT molecular complexity index is 447. The molecule has 1 aromatic rings. The van der Waals surface area contributed by atoms with Gasteiger partial charge in [-0.15, -0.1) is 0 Å². The summed E-state index contributed by atoms with van der Waals surface area (Å²) in [6, 6.07) is 9.61. The van der Waals surface area contributed by atoms with Gasteiger partial charge in [0, 0.05) is 12.0 Å². The zero-order chi connectivity index (χ0) is 12.4. The first-order chi connectivity index (χ1) is 8.90. The number of fused-ring (bicyclic) bond motifs is 1. The summed E-state index contributed by atoms with van der Waals surface area (Å²) in [5, 5.41) is 3.59. The first-order valence-corrected chi connectivity index (χ1v) is 7.34. The molecule has 1 aromatic carbocycles. The second kappa shape index (κ2) is 5.27. The minimum Gasteiger partial charge on any atom is -0.313 e. The standard InChI is InChI=1S/C17H23N/c1-18-17(14-8-2-3-9-14)16-12-6-10-13-7-4-5-11-15(13)16/h4-5,7-8,11,16-18H,2-3,6,9-10,12H2,1H3. The molecule has 2 atom stereocenters. The number of allylic oxidation sites excluding steroid dienone is 1. The van der Waals surface area contributed by atoms with Crippen LogP contribution in [-0.2, 0) is 6.42 Å². The first-order valence-electron chi connectivity index (χ1n) is 7.34. The Morgan fingerprint density at radius 1 is 1.17 bits per heavy atom. The van der Waals surface area contributed by atoms with Gasteiger partial charge in [-0.3, -0.25) is 0 Å². The van der Waals surface area contributed by atoms with Crippen molar-refractivity contribution >= 4 is 0 Å². The van der Waals surface area contributed by atoms with Gasteiger partial charge >= 0.3 is 0 Å². The molecule has 0 bridgehead atoms. The molecule has 0 aliphatic heterocycles. The van der Waals surface area contributed by atoms with E-state index in [0.29, 0.717) is 12.0 Å². The lowest BCUT2D eigenvalue weighted by molar-refractivity contribution is 0.447. The zero-order valence-corrected chi connectivity index (χ0v) is 11.3. The van der Waals surface area contributed by atoms with Crippen LogP contribution in [0.4, 0.5) is 0 Å². The number of aryl methyl sites for hydroxylation is 1. The van der Waals surface area contributed by atoms with Gasteiger partial charge < -0.3 is 5.32 Å². The number of nitrogens with one attached hydrogen (secondary N) is 1. The number of rotatable bonds is 3. The van der Waals surface area contributed by atoms with Crippen molar-refractivity contribution in [2.45, 2.75) is 50.5 Å². The summed E-state index contributed by atoms with van der Waals surface area (Å²) in [6.45, 7) is 0. The molecule has 18 heavy (non-hydrogen) atoms. The lowest BCUT2D eigenvalue weighted by Gasteiger charge is -2.33. The Morgan fingerprint density at radius 2 is 2.06 bits per heavy atom. The molecule has 2 unspecified atom stereocenters. The molecular formula is C17H23N. The lowest BCUT2D eigenvalue weighted by atomic mass is 9.76. The molecule has 1 N–H and O–H groups in total. The van der Waals surface area contributed by atoms with Crippen LogP contribution in [0.15, 0.2) is 35.9 Å². The van der Waals surface area contributed by atoms with Gasteiger partial charge in [0.05, 0.1) is 0 Å². The third-order valence-electron chi connectivity index (χ3n) is 4.60. The van der Waals surface area contributed by atoms with Crippen molar-refractivity contribution in [3.05, 3.63) is 47.0 Å². The van der Waals surface area contributed by atoms with Crippen molar-refractivity contribution in [1.29, 1.82) is 0 Å². The number of likely N-dealkylation sites (N-methyl/N-ethyl adjacent to an activating group) is 1. The summed E-state index contributed by atoms with van der Waals surface area (Å²) in [5.41, 5.74) is 4.82. The van der Waals surface area contributed by atoms with E-state index in [0.717, 1.165) is 0 Å². The second-order valence-electron chi connectivity index (χ2n) is 5.64. The fourth-order valence-corrected chi connectivity index (χ4v) is 3.76. The smallest absolute Gasteiger partial charge is 0.0346 e. The van der Waals surface area contributed by atoms with E-state index in [1.807, 2.05) is 0 Å². The summed E-state index contributed by atoms with van der Waals surface area (Å²) in [7, 11) is 2.13. The highest BCUT2D eigenvalue weighted by molar-refractivity contribution is 5.36. The molecular weight excluding hydrogens is 218 g/mol. The van der Waals surface area contributed by atoms with Crippen molar-refractivity contribution in [1.82, 2.24) is 5.32 Å². The van der Waals surface area contributed by atoms with E-state index in [9.17, 15) is 0 Å². The largest absolute Gasteiger partial charge is 0.313 e. The highest BCUT2D eigenvalue weighted by Crippen LogP contribution is 2.38. The van der Waals surface area contributed by atoms with E-state index in [-0.39, 0.29) is 0 Å². The maximum absolute atomic E-state index is 3.59. The topological polar surface area (TPSA) is 12.0 Å². The molecule has 0 radical (unpaired) electrons. The highest BCUT2D eigenvalue weighted by Gasteiger charge is 2.29. The minimum absolute atomic E-state index is 0.564. The highest BCUT2D eigenvalue weighted by atomic mass is 14.9. The van der Waals surface area contributed by atoms with Gasteiger partial charge in [-0.2, -0.15) is 0 Å². The quantitative estimate of drug-likeness (QED) is 0.794. The zero-order valence-electron chi connectivity index (χ0n) is 11.3. The minimum atomic E-state index is 0.564. The lowest BCUT2D eigenvalue weighted by Crippen LogP contribution is -2.35. The van der Waals surface area contributed by atoms with Gasteiger partial charge in [0.25, 0.3) is 0 Å². The predicted molar refractivity (Wildman–Crippen MR) is 76.9 cm³/mol. The summed E-state index contributed by atoms with van der Waals surface area (Å²) < 4.78 is 0. The summed E-state index contributed by atoms with van der Waals surface area (Å²) in [4.78, 5) is 0. The van der Waals surface area contributed by atoms with Gasteiger partial charge in [0.2, 0.25) is 0 Å². The van der Waals surface area contributed by atoms with Crippen LogP contribution in [0.2, 0.25) is 0 Å². The van der Waals surface area contributed by atoms with E-state index in [1.165, 1.54) is 38.5 Å². The van der Waals surface area contributed by atoms with E-state index >= 15 is 0 Å². The van der Waals surface area contributed by atoms with Gasteiger partial charge in [0.1, 0.15) is 0 Å². The Balaban J connectivity index is 1.92.